The largest absolute Gasteiger partial charge is 0.497 e. The molecule has 0 bridgehead atoms. The minimum Gasteiger partial charge on any atom is -0.497 e. The first-order chi connectivity index (χ1) is 14.1. The summed E-state index contributed by atoms with van der Waals surface area (Å²) in [6, 6.07) is 13.7. The van der Waals surface area contributed by atoms with Crippen molar-refractivity contribution in [1.29, 1.82) is 0 Å². The fraction of sp³-hybridized carbons (Fsp3) is 0.250. The Bertz CT molecular complexity index is 1010. The lowest BCUT2D eigenvalue weighted by Crippen LogP contribution is -2.47. The average molecular weight is 397 g/mol. The summed E-state index contributed by atoms with van der Waals surface area (Å²) >= 11 is 0. The Morgan fingerprint density at radius 3 is 2.28 bits per heavy atom. The number of hydrogen-bond acceptors (Lipinski definition) is 6. The molecule has 2 aromatic carbocycles. The highest BCUT2D eigenvalue weighted by molar-refractivity contribution is 5.91. The van der Waals surface area contributed by atoms with E-state index in [1.54, 1.807) is 49.6 Å². The predicted octanol–water partition coefficient (Wildman–Crippen LogP) is 2.44. The van der Waals surface area contributed by atoms with E-state index in [1.165, 1.54) is 10.9 Å². The van der Waals surface area contributed by atoms with Crippen LogP contribution in [0, 0.1) is 5.82 Å². The summed E-state index contributed by atoms with van der Waals surface area (Å²) in [5.41, 5.74) is 1.07. The maximum absolute atomic E-state index is 14.0. The van der Waals surface area contributed by atoms with Crippen LogP contribution in [0.1, 0.15) is 10.5 Å². The first kappa shape index (κ1) is 18.7. The van der Waals surface area contributed by atoms with E-state index >= 15 is 0 Å². The van der Waals surface area contributed by atoms with E-state index in [4.69, 9.17) is 4.74 Å². The number of hydrogen-bond donors (Lipinski definition) is 1. The van der Waals surface area contributed by atoms with E-state index < -0.39 is 5.97 Å². The van der Waals surface area contributed by atoms with Crippen LogP contribution in [-0.2, 0) is 0 Å². The molecule has 1 aliphatic rings. The highest BCUT2D eigenvalue weighted by Crippen LogP contribution is 2.24. The summed E-state index contributed by atoms with van der Waals surface area (Å²) in [6.45, 7) is 2.12. The van der Waals surface area contributed by atoms with Crippen molar-refractivity contribution in [3.05, 3.63) is 60.0 Å². The molecule has 1 aromatic heterocycles. The van der Waals surface area contributed by atoms with Crippen molar-refractivity contribution in [3.8, 4) is 11.4 Å². The highest BCUT2D eigenvalue weighted by atomic mass is 19.1. The fourth-order valence-electron chi connectivity index (χ4n) is 3.35. The zero-order chi connectivity index (χ0) is 20.4. The van der Waals surface area contributed by atoms with Crippen molar-refractivity contribution in [1.82, 2.24) is 15.0 Å². The Balaban J connectivity index is 1.56. The molecule has 0 atom stereocenters. The van der Waals surface area contributed by atoms with Gasteiger partial charge in [0, 0.05) is 26.2 Å². The summed E-state index contributed by atoms with van der Waals surface area (Å²) in [5.74, 6) is -0.417. The van der Waals surface area contributed by atoms with Gasteiger partial charge in [0.15, 0.2) is 5.82 Å². The number of halogens is 1. The Hall–Kier alpha value is -3.62. The number of aromatic nitrogens is 3. The van der Waals surface area contributed by atoms with Gasteiger partial charge in [-0.3, -0.25) is 0 Å². The van der Waals surface area contributed by atoms with E-state index in [9.17, 15) is 14.3 Å². The van der Waals surface area contributed by atoms with E-state index in [1.807, 2.05) is 9.80 Å². The Morgan fingerprint density at radius 2 is 1.66 bits per heavy atom. The van der Waals surface area contributed by atoms with Crippen LogP contribution in [0.2, 0.25) is 0 Å². The lowest BCUT2D eigenvalue weighted by atomic mass is 10.2. The third-order valence-corrected chi connectivity index (χ3v) is 4.87. The number of methoxy groups -OCH3 is 1. The van der Waals surface area contributed by atoms with Crippen molar-refractivity contribution in [2.24, 2.45) is 0 Å². The molecule has 9 heteroatoms. The first-order valence-electron chi connectivity index (χ1n) is 9.16. The second-order valence-corrected chi connectivity index (χ2v) is 6.59. The number of rotatable bonds is 5. The summed E-state index contributed by atoms with van der Waals surface area (Å²) in [6.07, 6.45) is 0. The summed E-state index contributed by atoms with van der Waals surface area (Å²) in [4.78, 5) is 16.8. The molecule has 0 unspecified atom stereocenters. The van der Waals surface area contributed by atoms with Gasteiger partial charge in [0.2, 0.25) is 5.69 Å². The topological polar surface area (TPSA) is 83.7 Å². The maximum Gasteiger partial charge on any atom is 0.360 e. The maximum atomic E-state index is 14.0. The lowest BCUT2D eigenvalue weighted by molar-refractivity contribution is 0.0690. The molecule has 1 fully saturated rings. The van der Waals surface area contributed by atoms with E-state index in [2.05, 4.69) is 10.2 Å². The van der Waals surface area contributed by atoms with Crippen LogP contribution in [0.4, 0.5) is 15.9 Å². The molecule has 8 nitrogen and oxygen atoms in total. The van der Waals surface area contributed by atoms with Gasteiger partial charge in [-0.1, -0.05) is 12.1 Å². The molecule has 0 amide bonds. The quantitative estimate of drug-likeness (QED) is 0.708. The zero-order valence-corrected chi connectivity index (χ0v) is 15.8. The predicted molar refractivity (Wildman–Crippen MR) is 106 cm³/mol. The van der Waals surface area contributed by atoms with Crippen molar-refractivity contribution in [3.63, 3.8) is 0 Å². The van der Waals surface area contributed by atoms with Gasteiger partial charge in [-0.25, -0.2) is 9.18 Å². The van der Waals surface area contributed by atoms with Crippen LogP contribution in [0.25, 0.3) is 5.69 Å². The zero-order valence-electron chi connectivity index (χ0n) is 15.8. The van der Waals surface area contributed by atoms with Crippen LogP contribution >= 0.6 is 0 Å². The summed E-state index contributed by atoms with van der Waals surface area (Å²) in [5, 5.41) is 18.1. The number of ether oxygens (including phenoxy) is 1. The van der Waals surface area contributed by atoms with E-state index in [0.717, 1.165) is 0 Å². The molecule has 4 rings (SSSR count). The Kier molecular flexibility index (Phi) is 5.03. The van der Waals surface area contributed by atoms with Crippen LogP contribution in [0.15, 0.2) is 48.5 Å². The molecule has 0 spiro atoms. The fourth-order valence-corrected chi connectivity index (χ4v) is 3.35. The molecule has 1 saturated heterocycles. The van der Waals surface area contributed by atoms with Crippen LogP contribution in [0.3, 0.4) is 0 Å². The molecule has 150 valence electrons. The number of carbonyl (C=O) groups is 1. The second-order valence-electron chi connectivity index (χ2n) is 6.59. The molecular weight excluding hydrogens is 377 g/mol. The second kappa shape index (κ2) is 7.78. The number of piperazine rings is 1. The molecule has 0 radical (unpaired) electrons. The Labute approximate surface area is 166 Å². The van der Waals surface area contributed by atoms with Gasteiger partial charge in [-0.05, 0) is 36.4 Å². The van der Waals surface area contributed by atoms with E-state index in [-0.39, 0.29) is 11.5 Å². The first-order valence-corrected chi connectivity index (χ1v) is 9.16. The number of aromatic carboxylic acids is 1. The van der Waals surface area contributed by atoms with E-state index in [0.29, 0.717) is 49.1 Å². The average Bonchev–Trinajstić information content (AvgIpc) is 3.20. The standard InChI is InChI=1S/C20H20FN5O3/c1-29-15-8-6-14(7-9-15)26-22-18(20(27)28)19(23-26)25-12-10-24(11-13-25)17-5-3-2-4-16(17)21/h2-9H,10-13H2,1H3,(H,27,28). The number of anilines is 2. The Morgan fingerprint density at radius 1 is 1.00 bits per heavy atom. The molecule has 3 aromatic rings. The molecule has 2 heterocycles. The van der Waals surface area contributed by atoms with Gasteiger partial charge in [0.25, 0.3) is 0 Å². The summed E-state index contributed by atoms with van der Waals surface area (Å²) < 4.78 is 19.2. The van der Waals surface area contributed by atoms with Crippen LogP contribution in [0.5, 0.6) is 5.75 Å². The van der Waals surface area contributed by atoms with Crippen LogP contribution in [-0.4, -0.2) is 59.4 Å². The molecule has 1 N–H and O–H groups in total. The number of carboxylic acids is 1. The lowest BCUT2D eigenvalue weighted by Gasteiger charge is -2.36. The highest BCUT2D eigenvalue weighted by Gasteiger charge is 2.27. The third-order valence-electron chi connectivity index (χ3n) is 4.87. The minimum atomic E-state index is -1.14. The van der Waals surface area contributed by atoms with Crippen molar-refractivity contribution < 1.29 is 19.0 Å². The molecular formula is C20H20FN5O3. The normalized spacial score (nSPS) is 14.1. The number of nitrogens with zero attached hydrogens (tertiary/aromatic N) is 5. The van der Waals surface area contributed by atoms with Crippen molar-refractivity contribution in [2.75, 3.05) is 43.1 Å². The number of carboxylic acid groups (broad SMARTS) is 1. The molecule has 29 heavy (non-hydrogen) atoms. The summed E-state index contributed by atoms with van der Waals surface area (Å²) in [7, 11) is 1.57. The molecule has 1 aliphatic heterocycles. The third kappa shape index (κ3) is 3.71. The van der Waals surface area contributed by atoms with Gasteiger partial charge < -0.3 is 19.6 Å². The minimum absolute atomic E-state index is 0.111. The number of benzene rings is 2. The number of para-hydroxylation sites is 1. The molecule has 0 aliphatic carbocycles. The van der Waals surface area contributed by atoms with Gasteiger partial charge in [0.1, 0.15) is 11.6 Å². The smallest absolute Gasteiger partial charge is 0.360 e. The monoisotopic (exact) mass is 397 g/mol. The van der Waals surface area contributed by atoms with Gasteiger partial charge in [0.05, 0.1) is 18.5 Å². The SMILES string of the molecule is COc1ccc(-n2nc(C(=O)O)c(N3CCN(c4ccccc4F)CC3)n2)cc1. The van der Waals surface area contributed by atoms with Crippen molar-refractivity contribution in [2.45, 2.75) is 0 Å². The van der Waals surface area contributed by atoms with Gasteiger partial charge in [-0.2, -0.15) is 0 Å². The van der Waals surface area contributed by atoms with Gasteiger partial charge >= 0.3 is 5.97 Å². The van der Waals surface area contributed by atoms with Crippen LogP contribution < -0.4 is 14.5 Å². The van der Waals surface area contributed by atoms with Crippen molar-refractivity contribution >= 4 is 17.5 Å². The molecule has 0 saturated carbocycles. The van der Waals surface area contributed by atoms with Gasteiger partial charge in [-0.15, -0.1) is 15.0 Å².